The molecule has 152 valence electrons. The molecule has 0 radical (unpaired) electrons. The van der Waals surface area contributed by atoms with Crippen LogP contribution in [-0.4, -0.2) is 48.9 Å². The van der Waals surface area contributed by atoms with Crippen LogP contribution in [0.4, 0.5) is 14.9 Å². The first kappa shape index (κ1) is 21.6. The molecule has 0 unspecified atom stereocenters. The summed E-state index contributed by atoms with van der Waals surface area (Å²) in [6.45, 7) is 4.04. The molecule has 0 bridgehead atoms. The Morgan fingerprint density at radius 1 is 1.28 bits per heavy atom. The summed E-state index contributed by atoms with van der Waals surface area (Å²) in [5, 5.41) is 2.60. The lowest BCUT2D eigenvalue weighted by Gasteiger charge is -2.23. The van der Waals surface area contributed by atoms with Crippen molar-refractivity contribution in [1.82, 2.24) is 15.1 Å². The molecular weight excluding hydrogens is 375 g/mol. The lowest BCUT2D eigenvalue weighted by Crippen LogP contribution is -2.47. The van der Waals surface area contributed by atoms with Crippen LogP contribution in [0.5, 0.6) is 5.75 Å². The molecule has 0 aliphatic rings. The summed E-state index contributed by atoms with van der Waals surface area (Å²) >= 11 is 0. The molecule has 8 heteroatoms. The van der Waals surface area contributed by atoms with E-state index >= 15 is 0 Å². The number of halogens is 1. The van der Waals surface area contributed by atoms with Crippen LogP contribution in [-0.2, 0) is 11.3 Å². The van der Waals surface area contributed by atoms with Crippen LogP contribution in [0.15, 0.2) is 66.2 Å². The number of hydrogen-bond acceptors (Lipinski definition) is 4. The predicted octanol–water partition coefficient (Wildman–Crippen LogP) is 3.31. The second-order valence-electron chi connectivity index (χ2n) is 6.10. The number of rotatable bonds is 7. The second-order valence-corrected chi connectivity index (χ2v) is 6.10. The van der Waals surface area contributed by atoms with Gasteiger partial charge in [-0.25, -0.2) is 14.2 Å². The van der Waals surface area contributed by atoms with Crippen molar-refractivity contribution in [2.24, 2.45) is 4.99 Å². The summed E-state index contributed by atoms with van der Waals surface area (Å²) in [7, 11) is 3.14. The average Bonchev–Trinajstić information content (AvgIpc) is 2.72. The van der Waals surface area contributed by atoms with Crippen molar-refractivity contribution in [2.75, 3.05) is 20.7 Å². The summed E-state index contributed by atoms with van der Waals surface area (Å²) in [4.78, 5) is 31.0. The minimum atomic E-state index is -0.485. The van der Waals surface area contributed by atoms with Crippen molar-refractivity contribution < 1.29 is 18.7 Å². The van der Waals surface area contributed by atoms with Gasteiger partial charge >= 0.3 is 6.03 Å². The van der Waals surface area contributed by atoms with E-state index in [1.54, 1.807) is 50.6 Å². The summed E-state index contributed by atoms with van der Waals surface area (Å²) in [6.07, 6.45) is 2.12. The average molecular weight is 398 g/mol. The SMILES string of the molecule is C=CCN(C)C(=O)NC(=Nc1cccc(F)c1)N(C=O)Cc1ccc(OC)cc1. The Balaban J connectivity index is 2.32. The Hall–Kier alpha value is -3.68. The minimum Gasteiger partial charge on any atom is -0.497 e. The molecule has 3 amide bonds. The van der Waals surface area contributed by atoms with Gasteiger partial charge in [-0.3, -0.25) is 15.0 Å². The van der Waals surface area contributed by atoms with E-state index in [1.165, 1.54) is 28.0 Å². The van der Waals surface area contributed by atoms with Gasteiger partial charge in [0.25, 0.3) is 0 Å². The third kappa shape index (κ3) is 6.46. The first-order valence-electron chi connectivity index (χ1n) is 8.79. The quantitative estimate of drug-likeness (QED) is 0.337. The number of hydrogen-bond donors (Lipinski definition) is 1. The van der Waals surface area contributed by atoms with E-state index in [0.717, 1.165) is 5.56 Å². The highest BCUT2D eigenvalue weighted by Gasteiger charge is 2.17. The van der Waals surface area contributed by atoms with Crippen molar-refractivity contribution >= 4 is 24.1 Å². The van der Waals surface area contributed by atoms with Gasteiger partial charge < -0.3 is 9.64 Å². The highest BCUT2D eigenvalue weighted by molar-refractivity contribution is 6.01. The number of benzene rings is 2. The van der Waals surface area contributed by atoms with Crippen LogP contribution in [0, 0.1) is 5.82 Å². The van der Waals surface area contributed by atoms with Gasteiger partial charge in [-0.15, -0.1) is 6.58 Å². The van der Waals surface area contributed by atoms with Gasteiger partial charge in [0.2, 0.25) is 12.4 Å². The maximum absolute atomic E-state index is 13.5. The molecule has 0 aliphatic carbocycles. The highest BCUT2D eigenvalue weighted by Crippen LogP contribution is 2.16. The number of likely N-dealkylation sites (N-methyl/N-ethyl adjacent to an activating group) is 1. The van der Waals surface area contributed by atoms with E-state index in [-0.39, 0.29) is 18.2 Å². The number of ether oxygens (including phenoxy) is 1. The van der Waals surface area contributed by atoms with Crippen LogP contribution >= 0.6 is 0 Å². The molecule has 2 rings (SSSR count). The van der Waals surface area contributed by atoms with Gasteiger partial charge in [0.05, 0.1) is 19.3 Å². The van der Waals surface area contributed by atoms with Crippen LogP contribution in [0.1, 0.15) is 5.56 Å². The van der Waals surface area contributed by atoms with E-state index in [1.807, 2.05) is 0 Å². The fourth-order valence-corrected chi connectivity index (χ4v) is 2.39. The predicted molar refractivity (Wildman–Crippen MR) is 109 cm³/mol. The third-order valence-corrected chi connectivity index (χ3v) is 3.92. The van der Waals surface area contributed by atoms with Crippen LogP contribution in [0.3, 0.4) is 0 Å². The molecule has 0 atom stereocenters. The maximum Gasteiger partial charge on any atom is 0.324 e. The first-order chi connectivity index (χ1) is 14.0. The molecule has 0 fully saturated rings. The van der Waals surface area contributed by atoms with Crippen molar-refractivity contribution in [1.29, 1.82) is 0 Å². The summed E-state index contributed by atoms with van der Waals surface area (Å²) in [5.74, 6) is 0.176. The molecular formula is C21H23FN4O3. The van der Waals surface area contributed by atoms with Crippen molar-refractivity contribution in [2.45, 2.75) is 6.54 Å². The molecule has 0 heterocycles. The molecule has 0 aliphatic heterocycles. The van der Waals surface area contributed by atoms with Gasteiger partial charge in [-0.2, -0.15) is 0 Å². The zero-order valence-corrected chi connectivity index (χ0v) is 16.3. The first-order valence-corrected chi connectivity index (χ1v) is 8.79. The summed E-state index contributed by atoms with van der Waals surface area (Å²) in [6, 6.07) is 12.2. The number of carbonyl (C=O) groups is 2. The molecule has 2 aromatic carbocycles. The fourth-order valence-electron chi connectivity index (χ4n) is 2.39. The van der Waals surface area contributed by atoms with E-state index in [4.69, 9.17) is 4.74 Å². The molecule has 0 saturated carbocycles. The zero-order valence-electron chi connectivity index (χ0n) is 16.3. The zero-order chi connectivity index (χ0) is 21.2. The third-order valence-electron chi connectivity index (χ3n) is 3.92. The Bertz CT molecular complexity index is 884. The molecule has 0 spiro atoms. The number of nitrogens with one attached hydrogen (secondary N) is 1. The van der Waals surface area contributed by atoms with Gasteiger partial charge in [0.1, 0.15) is 11.6 Å². The largest absolute Gasteiger partial charge is 0.497 e. The molecule has 0 saturated heterocycles. The molecule has 7 nitrogen and oxygen atoms in total. The monoisotopic (exact) mass is 398 g/mol. The Labute approximate surface area is 169 Å². The van der Waals surface area contributed by atoms with Crippen molar-refractivity contribution in [3.8, 4) is 5.75 Å². The van der Waals surface area contributed by atoms with E-state index < -0.39 is 11.8 Å². The summed E-state index contributed by atoms with van der Waals surface area (Å²) in [5.41, 5.74) is 1.05. The number of urea groups is 1. The second kappa shape index (κ2) is 10.6. The van der Waals surface area contributed by atoms with Gasteiger partial charge in [0.15, 0.2) is 0 Å². The minimum absolute atomic E-state index is 0.0256. The van der Waals surface area contributed by atoms with Gasteiger partial charge in [-0.05, 0) is 35.9 Å². The number of carbonyl (C=O) groups excluding carboxylic acids is 2. The number of aliphatic imine (C=N–C) groups is 1. The smallest absolute Gasteiger partial charge is 0.324 e. The number of amides is 3. The fraction of sp³-hybridized carbons (Fsp3) is 0.190. The Kier molecular flexibility index (Phi) is 7.90. The lowest BCUT2D eigenvalue weighted by atomic mass is 10.2. The lowest BCUT2D eigenvalue weighted by molar-refractivity contribution is -0.115. The maximum atomic E-state index is 13.5. The number of methoxy groups -OCH3 is 1. The van der Waals surface area contributed by atoms with Crippen molar-refractivity contribution in [3.05, 3.63) is 72.6 Å². The van der Waals surface area contributed by atoms with Crippen LogP contribution < -0.4 is 10.1 Å². The summed E-state index contributed by atoms with van der Waals surface area (Å²) < 4.78 is 18.7. The molecule has 2 aromatic rings. The van der Waals surface area contributed by atoms with Crippen LogP contribution in [0.2, 0.25) is 0 Å². The van der Waals surface area contributed by atoms with Crippen LogP contribution in [0.25, 0.3) is 0 Å². The van der Waals surface area contributed by atoms with Gasteiger partial charge in [0, 0.05) is 13.6 Å². The van der Waals surface area contributed by atoms with Crippen molar-refractivity contribution in [3.63, 3.8) is 0 Å². The topological polar surface area (TPSA) is 74.2 Å². The normalized spacial score (nSPS) is 10.8. The Morgan fingerprint density at radius 3 is 2.59 bits per heavy atom. The standard InChI is InChI=1S/C21H23FN4O3/c1-4-12-25(2)21(28)24-20(23-18-7-5-6-17(22)13-18)26(15-27)14-16-8-10-19(29-3)11-9-16/h4-11,13,15H,1,12,14H2,2-3H3,(H,23,24,28). The van der Waals surface area contributed by atoms with Gasteiger partial charge in [-0.1, -0.05) is 24.3 Å². The molecule has 0 aromatic heterocycles. The molecule has 29 heavy (non-hydrogen) atoms. The number of guanidine groups is 1. The van der Waals surface area contributed by atoms with E-state index in [9.17, 15) is 14.0 Å². The molecule has 1 N–H and O–H groups in total. The Morgan fingerprint density at radius 2 is 2.00 bits per heavy atom. The van der Waals surface area contributed by atoms with E-state index in [2.05, 4.69) is 16.9 Å². The number of nitrogens with zero attached hydrogens (tertiary/aromatic N) is 3. The van der Waals surface area contributed by atoms with E-state index in [0.29, 0.717) is 18.7 Å². The highest BCUT2D eigenvalue weighted by atomic mass is 19.1.